The average molecular weight is 199 g/mol. The first-order chi connectivity index (χ1) is 5.90. The second kappa shape index (κ2) is 4.49. The molecule has 0 spiro atoms. The van der Waals surface area contributed by atoms with Gasteiger partial charge < -0.3 is 10.6 Å². The maximum Gasteiger partial charge on any atom is 0.0341 e. The van der Waals surface area contributed by atoms with E-state index >= 15 is 0 Å². The summed E-state index contributed by atoms with van der Waals surface area (Å²) in [6, 6.07) is 6.59. The van der Waals surface area contributed by atoms with Crippen LogP contribution in [0.25, 0.3) is 0 Å². The van der Waals surface area contributed by atoms with Gasteiger partial charge in [0.15, 0.2) is 0 Å². The molecule has 13 heavy (non-hydrogen) atoms. The summed E-state index contributed by atoms with van der Waals surface area (Å²) in [7, 11) is 1.96. The van der Waals surface area contributed by atoms with Crippen molar-refractivity contribution in [3.63, 3.8) is 0 Å². The van der Waals surface area contributed by atoms with Crippen LogP contribution in [0, 0.1) is 0 Å². The lowest BCUT2D eigenvalue weighted by Crippen LogP contribution is -2.23. The lowest BCUT2D eigenvalue weighted by atomic mass is 10.0. The summed E-state index contributed by atoms with van der Waals surface area (Å²) in [6.45, 7) is 2.14. The van der Waals surface area contributed by atoms with Crippen molar-refractivity contribution >= 4 is 18.1 Å². The summed E-state index contributed by atoms with van der Waals surface area (Å²) in [4.78, 5) is 0. The summed E-state index contributed by atoms with van der Waals surface area (Å²) < 4.78 is 0. The maximum atomic E-state index is 3.36. The van der Waals surface area contributed by atoms with E-state index in [2.05, 4.69) is 28.8 Å². The molecule has 0 radical (unpaired) electrons. The lowest BCUT2D eigenvalue weighted by Gasteiger charge is -2.17. The van der Waals surface area contributed by atoms with Gasteiger partial charge in [0.05, 0.1) is 0 Å². The highest BCUT2D eigenvalue weighted by Crippen LogP contribution is 2.18. The third-order valence-electron chi connectivity index (χ3n) is 2.38. The van der Waals surface area contributed by atoms with Crippen LogP contribution in [0.5, 0.6) is 0 Å². The van der Waals surface area contributed by atoms with Crippen molar-refractivity contribution in [1.82, 2.24) is 5.32 Å². The molecule has 0 bridgehead atoms. The molecule has 3 heteroatoms. The van der Waals surface area contributed by atoms with Gasteiger partial charge in [0.2, 0.25) is 0 Å². The van der Waals surface area contributed by atoms with Gasteiger partial charge in [-0.2, -0.15) is 0 Å². The van der Waals surface area contributed by atoms with Gasteiger partial charge in [-0.25, -0.2) is 0 Å². The molecule has 0 amide bonds. The van der Waals surface area contributed by atoms with E-state index in [-0.39, 0.29) is 12.4 Å². The van der Waals surface area contributed by atoms with Crippen LogP contribution in [0.1, 0.15) is 11.1 Å². The van der Waals surface area contributed by atoms with Gasteiger partial charge in [-0.05, 0) is 36.2 Å². The summed E-state index contributed by atoms with van der Waals surface area (Å²) >= 11 is 0. The predicted molar refractivity (Wildman–Crippen MR) is 58.6 cm³/mol. The predicted octanol–water partition coefficient (Wildman–Crippen LogP) is 1.80. The summed E-state index contributed by atoms with van der Waals surface area (Å²) in [6.07, 6.45) is 1.17. The summed E-state index contributed by atoms with van der Waals surface area (Å²) in [5.74, 6) is 0. The number of hydrogen-bond acceptors (Lipinski definition) is 2. The first-order valence-corrected chi connectivity index (χ1v) is 4.40. The molecule has 72 valence electrons. The zero-order valence-electron chi connectivity index (χ0n) is 7.76. The molecule has 1 aromatic carbocycles. The Hall–Kier alpha value is -0.730. The number of benzene rings is 1. The molecule has 2 nitrogen and oxygen atoms in total. The number of rotatable bonds is 1. The van der Waals surface area contributed by atoms with Gasteiger partial charge >= 0.3 is 0 Å². The van der Waals surface area contributed by atoms with Crippen LogP contribution in [-0.2, 0) is 13.0 Å². The highest BCUT2D eigenvalue weighted by atomic mass is 35.5. The zero-order valence-corrected chi connectivity index (χ0v) is 8.58. The van der Waals surface area contributed by atoms with E-state index in [4.69, 9.17) is 0 Å². The molecule has 1 heterocycles. The highest BCUT2D eigenvalue weighted by Gasteiger charge is 2.07. The summed E-state index contributed by atoms with van der Waals surface area (Å²) in [5, 5.41) is 6.51. The molecule has 1 aromatic rings. The van der Waals surface area contributed by atoms with Crippen LogP contribution < -0.4 is 10.6 Å². The fraction of sp³-hybridized carbons (Fsp3) is 0.400. The van der Waals surface area contributed by atoms with Crippen molar-refractivity contribution in [1.29, 1.82) is 0 Å². The molecule has 0 saturated carbocycles. The van der Waals surface area contributed by atoms with E-state index < -0.39 is 0 Å². The topological polar surface area (TPSA) is 24.1 Å². The van der Waals surface area contributed by atoms with E-state index in [1.165, 1.54) is 23.2 Å². The molecule has 0 aliphatic carbocycles. The Balaban J connectivity index is 0.000000845. The standard InChI is InChI=1S/C10H14N2.ClH/c1-11-10-3-2-8-4-5-12-7-9(8)6-10;/h2-3,6,11-12H,4-5,7H2,1H3;1H. The van der Waals surface area contributed by atoms with Crippen LogP contribution in [-0.4, -0.2) is 13.6 Å². The third kappa shape index (κ3) is 2.14. The molecule has 1 aliphatic heterocycles. The van der Waals surface area contributed by atoms with Crippen molar-refractivity contribution in [2.45, 2.75) is 13.0 Å². The maximum absolute atomic E-state index is 3.36. The SMILES string of the molecule is CNc1ccc2c(c1)CNCC2.Cl. The van der Waals surface area contributed by atoms with Crippen molar-refractivity contribution in [2.75, 3.05) is 18.9 Å². The van der Waals surface area contributed by atoms with Gasteiger partial charge in [0, 0.05) is 19.3 Å². The Bertz CT molecular complexity index is 286. The molecule has 2 rings (SSSR count). The Morgan fingerprint density at radius 3 is 2.92 bits per heavy atom. The van der Waals surface area contributed by atoms with Crippen molar-refractivity contribution in [3.05, 3.63) is 29.3 Å². The third-order valence-corrected chi connectivity index (χ3v) is 2.38. The molecule has 0 aromatic heterocycles. The molecular weight excluding hydrogens is 184 g/mol. The molecule has 1 aliphatic rings. The molecular formula is C10H15ClN2. The average Bonchev–Trinajstić information content (AvgIpc) is 2.17. The smallest absolute Gasteiger partial charge is 0.0341 e. The van der Waals surface area contributed by atoms with E-state index in [9.17, 15) is 0 Å². The fourth-order valence-corrected chi connectivity index (χ4v) is 1.64. The van der Waals surface area contributed by atoms with E-state index in [0.717, 1.165) is 13.1 Å². The second-order valence-electron chi connectivity index (χ2n) is 3.16. The van der Waals surface area contributed by atoms with Crippen LogP contribution in [0.15, 0.2) is 18.2 Å². The largest absolute Gasteiger partial charge is 0.388 e. The van der Waals surface area contributed by atoms with E-state index in [1.807, 2.05) is 7.05 Å². The number of fused-ring (bicyclic) bond motifs is 1. The van der Waals surface area contributed by atoms with Crippen LogP contribution in [0.3, 0.4) is 0 Å². The number of halogens is 1. The first kappa shape index (κ1) is 10.4. The Morgan fingerprint density at radius 2 is 2.15 bits per heavy atom. The Kier molecular flexibility index (Phi) is 3.58. The van der Waals surface area contributed by atoms with Gasteiger partial charge in [-0.3, -0.25) is 0 Å². The van der Waals surface area contributed by atoms with Crippen molar-refractivity contribution in [3.8, 4) is 0 Å². The molecule has 0 saturated heterocycles. The molecule has 2 N–H and O–H groups in total. The minimum Gasteiger partial charge on any atom is -0.388 e. The monoisotopic (exact) mass is 198 g/mol. The van der Waals surface area contributed by atoms with Crippen molar-refractivity contribution < 1.29 is 0 Å². The summed E-state index contributed by atoms with van der Waals surface area (Å²) in [5.41, 5.74) is 4.14. The van der Waals surface area contributed by atoms with Crippen LogP contribution in [0.4, 0.5) is 5.69 Å². The Morgan fingerprint density at radius 1 is 1.31 bits per heavy atom. The van der Waals surface area contributed by atoms with Crippen LogP contribution in [0.2, 0.25) is 0 Å². The number of nitrogens with one attached hydrogen (secondary N) is 2. The molecule has 0 fully saturated rings. The molecule has 0 atom stereocenters. The Labute approximate surface area is 85.1 Å². The van der Waals surface area contributed by atoms with Crippen LogP contribution >= 0.6 is 12.4 Å². The van der Waals surface area contributed by atoms with Gasteiger partial charge in [0.1, 0.15) is 0 Å². The fourth-order valence-electron chi connectivity index (χ4n) is 1.64. The van der Waals surface area contributed by atoms with Gasteiger partial charge in [0.25, 0.3) is 0 Å². The second-order valence-corrected chi connectivity index (χ2v) is 3.16. The van der Waals surface area contributed by atoms with E-state index in [1.54, 1.807) is 0 Å². The molecule has 0 unspecified atom stereocenters. The highest BCUT2D eigenvalue weighted by molar-refractivity contribution is 5.85. The minimum atomic E-state index is 0. The number of anilines is 1. The lowest BCUT2D eigenvalue weighted by molar-refractivity contribution is 0.644. The quantitative estimate of drug-likeness (QED) is 0.719. The van der Waals surface area contributed by atoms with Gasteiger partial charge in [-0.1, -0.05) is 6.07 Å². The van der Waals surface area contributed by atoms with Gasteiger partial charge in [-0.15, -0.1) is 12.4 Å². The minimum absolute atomic E-state index is 0. The van der Waals surface area contributed by atoms with Crippen molar-refractivity contribution in [2.24, 2.45) is 0 Å². The zero-order chi connectivity index (χ0) is 8.39. The van der Waals surface area contributed by atoms with E-state index in [0.29, 0.717) is 0 Å². The normalized spacial score (nSPS) is 14.2. The first-order valence-electron chi connectivity index (χ1n) is 4.40. The number of hydrogen-bond donors (Lipinski definition) is 2.